The first kappa shape index (κ1) is 14.3. The van der Waals surface area contributed by atoms with Crippen molar-refractivity contribution in [2.75, 3.05) is 19.0 Å². The third kappa shape index (κ3) is 4.61. The van der Waals surface area contributed by atoms with Gasteiger partial charge in [0, 0.05) is 24.5 Å². The van der Waals surface area contributed by atoms with Gasteiger partial charge in [0.15, 0.2) is 0 Å². The van der Waals surface area contributed by atoms with Crippen molar-refractivity contribution in [1.82, 2.24) is 10.3 Å². The second-order valence-corrected chi connectivity index (χ2v) is 4.59. The predicted octanol–water partition coefficient (Wildman–Crippen LogP) is 1.66. The lowest BCUT2D eigenvalue weighted by Crippen LogP contribution is -2.39. The Balaban J connectivity index is 2.52. The van der Waals surface area contributed by atoms with Crippen LogP contribution in [0.5, 0.6) is 5.88 Å². The van der Waals surface area contributed by atoms with Crippen molar-refractivity contribution in [3.05, 3.63) is 18.3 Å². The number of amides is 1. The van der Waals surface area contributed by atoms with E-state index in [0.29, 0.717) is 18.3 Å². The van der Waals surface area contributed by atoms with E-state index >= 15 is 0 Å². The van der Waals surface area contributed by atoms with Gasteiger partial charge in [0.25, 0.3) is 0 Å². The summed E-state index contributed by atoms with van der Waals surface area (Å²) >= 11 is 0. The smallest absolute Gasteiger partial charge is 0.242 e. The number of hydrogen-bond donors (Lipinski definition) is 2. The van der Waals surface area contributed by atoms with Gasteiger partial charge in [0.2, 0.25) is 11.8 Å². The van der Waals surface area contributed by atoms with Crippen molar-refractivity contribution in [1.29, 1.82) is 0 Å². The minimum absolute atomic E-state index is 0.0144. The van der Waals surface area contributed by atoms with Gasteiger partial charge in [-0.05, 0) is 18.9 Å². The Morgan fingerprint density at radius 3 is 2.78 bits per heavy atom. The van der Waals surface area contributed by atoms with E-state index in [2.05, 4.69) is 29.5 Å². The lowest BCUT2D eigenvalue weighted by molar-refractivity contribution is -0.121. The number of carbonyl (C=O) groups is 1. The Kier molecular flexibility index (Phi) is 5.42. The van der Waals surface area contributed by atoms with E-state index in [9.17, 15) is 4.79 Å². The summed E-state index contributed by atoms with van der Waals surface area (Å²) in [6.45, 7) is 6.63. The van der Waals surface area contributed by atoms with Gasteiger partial charge in [0.05, 0.1) is 7.11 Å². The molecule has 0 saturated carbocycles. The molecule has 1 atom stereocenters. The fourth-order valence-corrected chi connectivity index (χ4v) is 1.38. The molecule has 1 rings (SSSR count). The third-order valence-corrected chi connectivity index (χ3v) is 2.40. The molecule has 0 radical (unpaired) electrons. The number of nitrogens with one attached hydrogen (secondary N) is 2. The summed E-state index contributed by atoms with van der Waals surface area (Å²) < 4.78 is 5.02. The molecule has 0 spiro atoms. The fraction of sp³-hybridized carbons (Fsp3) is 0.538. The van der Waals surface area contributed by atoms with Crippen molar-refractivity contribution in [3.8, 4) is 5.88 Å². The van der Waals surface area contributed by atoms with E-state index in [1.54, 1.807) is 25.4 Å². The number of methoxy groups -OCH3 is 1. The van der Waals surface area contributed by atoms with Crippen molar-refractivity contribution >= 4 is 11.6 Å². The molecule has 5 heteroatoms. The summed E-state index contributed by atoms with van der Waals surface area (Å²) in [7, 11) is 1.56. The molecule has 0 aliphatic heterocycles. The lowest BCUT2D eigenvalue weighted by Gasteiger charge is -2.16. The predicted molar refractivity (Wildman–Crippen MR) is 71.7 cm³/mol. The van der Waals surface area contributed by atoms with Gasteiger partial charge < -0.3 is 15.4 Å². The molecule has 2 N–H and O–H groups in total. The first-order valence-electron chi connectivity index (χ1n) is 6.07. The Morgan fingerprint density at radius 2 is 2.17 bits per heavy atom. The number of ether oxygens (including phenoxy) is 1. The van der Waals surface area contributed by atoms with Gasteiger partial charge in [-0.1, -0.05) is 13.8 Å². The lowest BCUT2D eigenvalue weighted by atomic mass is 10.2. The van der Waals surface area contributed by atoms with Crippen molar-refractivity contribution in [3.63, 3.8) is 0 Å². The van der Waals surface area contributed by atoms with Gasteiger partial charge in [-0.3, -0.25) is 4.79 Å². The number of nitrogens with zero attached hydrogens (tertiary/aromatic N) is 1. The number of anilines is 1. The number of rotatable bonds is 6. The molecule has 0 aliphatic rings. The molecular formula is C13H21N3O2. The Labute approximate surface area is 108 Å². The molecule has 1 amide bonds. The summed E-state index contributed by atoms with van der Waals surface area (Å²) in [4.78, 5) is 15.8. The summed E-state index contributed by atoms with van der Waals surface area (Å²) in [6, 6.07) is 3.26. The maximum Gasteiger partial charge on any atom is 0.242 e. The Morgan fingerprint density at radius 1 is 1.44 bits per heavy atom. The van der Waals surface area contributed by atoms with E-state index in [1.807, 2.05) is 6.92 Å². The zero-order valence-electron chi connectivity index (χ0n) is 11.4. The van der Waals surface area contributed by atoms with Crippen LogP contribution in [0.3, 0.4) is 0 Å². The fourth-order valence-electron chi connectivity index (χ4n) is 1.38. The standard InChI is InChI=1S/C13H21N3O2/c1-9(2)8-15-13(17)10(3)16-11-5-6-14-12(7-11)18-4/h5-7,9-10H,8H2,1-4H3,(H,14,16)(H,15,17). The molecule has 1 heterocycles. The SMILES string of the molecule is COc1cc(NC(C)C(=O)NCC(C)C)ccn1. The Hall–Kier alpha value is -1.78. The number of aromatic nitrogens is 1. The van der Waals surface area contributed by atoms with E-state index in [4.69, 9.17) is 4.74 Å². The topological polar surface area (TPSA) is 63.2 Å². The van der Waals surface area contributed by atoms with Crippen molar-refractivity contribution in [2.45, 2.75) is 26.8 Å². The molecule has 0 aliphatic carbocycles. The van der Waals surface area contributed by atoms with Gasteiger partial charge in [0.1, 0.15) is 6.04 Å². The molecule has 1 aromatic rings. The highest BCUT2D eigenvalue weighted by Crippen LogP contribution is 2.14. The molecular weight excluding hydrogens is 230 g/mol. The first-order valence-corrected chi connectivity index (χ1v) is 6.07. The monoisotopic (exact) mass is 251 g/mol. The third-order valence-electron chi connectivity index (χ3n) is 2.40. The van der Waals surface area contributed by atoms with Gasteiger partial charge in [-0.15, -0.1) is 0 Å². The van der Waals surface area contributed by atoms with Crippen LogP contribution in [0.1, 0.15) is 20.8 Å². The van der Waals surface area contributed by atoms with Crippen LogP contribution in [0.2, 0.25) is 0 Å². The van der Waals surface area contributed by atoms with E-state index in [1.165, 1.54) is 0 Å². The average Bonchev–Trinajstić information content (AvgIpc) is 2.36. The zero-order valence-corrected chi connectivity index (χ0v) is 11.4. The molecule has 0 bridgehead atoms. The molecule has 18 heavy (non-hydrogen) atoms. The van der Waals surface area contributed by atoms with Crippen LogP contribution in [-0.2, 0) is 4.79 Å². The number of carbonyl (C=O) groups excluding carboxylic acids is 1. The maximum absolute atomic E-state index is 11.8. The first-order chi connectivity index (χ1) is 8.52. The molecule has 100 valence electrons. The van der Waals surface area contributed by atoms with E-state index < -0.39 is 0 Å². The molecule has 0 fully saturated rings. The van der Waals surface area contributed by atoms with Crippen LogP contribution in [0.4, 0.5) is 5.69 Å². The van der Waals surface area contributed by atoms with Crippen LogP contribution in [0, 0.1) is 5.92 Å². The molecule has 1 aromatic heterocycles. The normalized spacial score (nSPS) is 12.1. The molecule has 5 nitrogen and oxygen atoms in total. The van der Waals surface area contributed by atoms with Crippen LogP contribution in [0.25, 0.3) is 0 Å². The summed E-state index contributed by atoms with van der Waals surface area (Å²) in [5, 5.41) is 5.99. The number of hydrogen-bond acceptors (Lipinski definition) is 4. The second kappa shape index (κ2) is 6.83. The highest BCUT2D eigenvalue weighted by Gasteiger charge is 2.12. The molecule has 0 aromatic carbocycles. The van der Waals surface area contributed by atoms with Gasteiger partial charge >= 0.3 is 0 Å². The Bertz CT molecular complexity index is 394. The average molecular weight is 251 g/mol. The quantitative estimate of drug-likeness (QED) is 0.807. The second-order valence-electron chi connectivity index (χ2n) is 4.59. The zero-order chi connectivity index (χ0) is 13.5. The summed E-state index contributed by atoms with van der Waals surface area (Å²) in [6.07, 6.45) is 1.64. The largest absolute Gasteiger partial charge is 0.481 e. The molecule has 0 saturated heterocycles. The summed E-state index contributed by atoms with van der Waals surface area (Å²) in [5.74, 6) is 0.955. The van der Waals surface area contributed by atoms with Crippen LogP contribution >= 0.6 is 0 Å². The minimum Gasteiger partial charge on any atom is -0.481 e. The highest BCUT2D eigenvalue weighted by molar-refractivity contribution is 5.84. The van der Waals surface area contributed by atoms with Gasteiger partial charge in [-0.25, -0.2) is 4.98 Å². The van der Waals surface area contributed by atoms with E-state index in [0.717, 1.165) is 5.69 Å². The summed E-state index contributed by atoms with van der Waals surface area (Å²) in [5.41, 5.74) is 0.814. The highest BCUT2D eigenvalue weighted by atomic mass is 16.5. The molecule has 1 unspecified atom stereocenters. The van der Waals surface area contributed by atoms with Crippen molar-refractivity contribution < 1.29 is 9.53 Å². The van der Waals surface area contributed by atoms with E-state index in [-0.39, 0.29) is 11.9 Å². The van der Waals surface area contributed by atoms with Crippen LogP contribution in [0.15, 0.2) is 18.3 Å². The van der Waals surface area contributed by atoms with Crippen molar-refractivity contribution in [2.24, 2.45) is 5.92 Å². The minimum atomic E-state index is -0.296. The number of pyridine rings is 1. The van der Waals surface area contributed by atoms with Gasteiger partial charge in [-0.2, -0.15) is 0 Å². The van der Waals surface area contributed by atoms with Crippen LogP contribution in [-0.4, -0.2) is 30.6 Å². The maximum atomic E-state index is 11.8. The van der Waals surface area contributed by atoms with Crippen LogP contribution < -0.4 is 15.4 Å².